The molecule has 0 bridgehead atoms. The Labute approximate surface area is 226 Å². The van der Waals surface area contributed by atoms with E-state index in [2.05, 4.69) is 9.82 Å². The molecule has 3 aromatic carbocycles. The van der Waals surface area contributed by atoms with E-state index in [9.17, 15) is 18.0 Å². The van der Waals surface area contributed by atoms with Crippen molar-refractivity contribution in [2.45, 2.75) is 24.8 Å². The summed E-state index contributed by atoms with van der Waals surface area (Å²) in [6, 6.07) is 24.1. The largest absolute Gasteiger partial charge is 0.312 e. The Morgan fingerprint density at radius 3 is 2.21 bits per heavy atom. The minimum Gasteiger partial charge on any atom is -0.312 e. The van der Waals surface area contributed by atoms with E-state index in [0.717, 1.165) is 5.56 Å². The molecule has 1 unspecified atom stereocenters. The predicted octanol–water partition coefficient (Wildman–Crippen LogP) is 4.30. The molecule has 1 aromatic heterocycles. The number of carbonyl (C=O) groups excluding carboxylic acids is 2. The van der Waals surface area contributed by atoms with Crippen molar-refractivity contribution in [1.82, 2.24) is 14.5 Å². The normalized spacial score (nSPS) is 12.1. The third kappa shape index (κ3) is 6.67. The van der Waals surface area contributed by atoms with Gasteiger partial charge in [-0.3, -0.25) is 14.3 Å². The highest BCUT2D eigenvalue weighted by atomic mass is 35.5. The van der Waals surface area contributed by atoms with E-state index in [1.165, 1.54) is 29.2 Å². The fourth-order valence-corrected chi connectivity index (χ4v) is 5.18. The number of anilines is 1. The highest BCUT2D eigenvalue weighted by molar-refractivity contribution is 7.90. The van der Waals surface area contributed by atoms with Gasteiger partial charge in [-0.05, 0) is 60.9 Å². The molecule has 8 nitrogen and oxygen atoms in total. The first-order chi connectivity index (χ1) is 18.3. The number of para-hydroxylation sites is 1. The van der Waals surface area contributed by atoms with Gasteiger partial charge >= 0.3 is 0 Å². The molecule has 1 atom stereocenters. The monoisotopic (exact) mass is 550 g/mol. The summed E-state index contributed by atoms with van der Waals surface area (Å²) in [6.07, 6.45) is 3.31. The second-order valence-corrected chi connectivity index (χ2v) is 10.7. The number of nitrogens with zero attached hydrogens (tertiary/aromatic N) is 3. The molecule has 1 heterocycles. The fraction of sp³-hybridized carbons (Fsp3) is 0.179. The second kappa shape index (κ2) is 12.1. The van der Waals surface area contributed by atoms with Crippen molar-refractivity contribution in [3.63, 3.8) is 0 Å². The summed E-state index contributed by atoms with van der Waals surface area (Å²) in [4.78, 5) is 28.4. The molecule has 2 amide bonds. The molecule has 0 radical (unpaired) electrons. The third-order valence-electron chi connectivity index (χ3n) is 5.94. The topological polar surface area (TPSA) is 101 Å². The lowest BCUT2D eigenvalue weighted by Gasteiger charge is -2.26. The SMILES string of the molecule is CCN(C(=O)C(Cc1cnn(Cc2ccccc2)c1)C(=O)NS(=O)(=O)c1ccc(Cl)cc1)c1ccccc1. The molecule has 10 heteroatoms. The van der Waals surface area contributed by atoms with Crippen LogP contribution in [0.3, 0.4) is 0 Å². The molecule has 38 heavy (non-hydrogen) atoms. The number of carbonyl (C=O) groups is 2. The van der Waals surface area contributed by atoms with Crippen molar-refractivity contribution in [2.75, 3.05) is 11.4 Å². The number of halogens is 1. The van der Waals surface area contributed by atoms with Crippen LogP contribution in [0.1, 0.15) is 18.1 Å². The van der Waals surface area contributed by atoms with E-state index in [0.29, 0.717) is 29.4 Å². The van der Waals surface area contributed by atoms with E-state index in [-0.39, 0.29) is 11.3 Å². The molecule has 0 aliphatic rings. The molecule has 0 saturated heterocycles. The highest BCUT2D eigenvalue weighted by Crippen LogP contribution is 2.21. The summed E-state index contributed by atoms with van der Waals surface area (Å²) < 4.78 is 29.7. The van der Waals surface area contributed by atoms with E-state index in [1.807, 2.05) is 36.4 Å². The molecule has 0 aliphatic heterocycles. The number of rotatable bonds is 10. The van der Waals surface area contributed by atoms with Crippen LogP contribution in [0.15, 0.2) is 102 Å². The Kier molecular flexibility index (Phi) is 8.60. The molecular weight excluding hydrogens is 524 g/mol. The Balaban J connectivity index is 1.61. The van der Waals surface area contributed by atoms with Crippen LogP contribution in [-0.4, -0.2) is 36.6 Å². The van der Waals surface area contributed by atoms with Gasteiger partial charge in [0.1, 0.15) is 5.92 Å². The summed E-state index contributed by atoms with van der Waals surface area (Å²) in [5.74, 6) is -2.75. The van der Waals surface area contributed by atoms with E-state index < -0.39 is 27.8 Å². The fourth-order valence-electron chi connectivity index (χ4n) is 4.03. The summed E-state index contributed by atoms with van der Waals surface area (Å²) in [7, 11) is -4.23. The summed E-state index contributed by atoms with van der Waals surface area (Å²) in [6.45, 7) is 2.60. The first-order valence-electron chi connectivity index (χ1n) is 12.0. The van der Waals surface area contributed by atoms with Gasteiger partial charge in [0.25, 0.3) is 10.0 Å². The first kappa shape index (κ1) is 27.1. The van der Waals surface area contributed by atoms with Crippen LogP contribution in [-0.2, 0) is 32.6 Å². The van der Waals surface area contributed by atoms with Crippen LogP contribution >= 0.6 is 11.6 Å². The van der Waals surface area contributed by atoms with Gasteiger partial charge in [-0.1, -0.05) is 60.1 Å². The lowest BCUT2D eigenvalue weighted by molar-refractivity contribution is -0.132. The number of amides is 2. The van der Waals surface area contributed by atoms with Crippen LogP contribution < -0.4 is 9.62 Å². The van der Waals surface area contributed by atoms with Crippen LogP contribution in [0, 0.1) is 5.92 Å². The van der Waals surface area contributed by atoms with Gasteiger partial charge in [-0.2, -0.15) is 5.10 Å². The minimum atomic E-state index is -4.23. The van der Waals surface area contributed by atoms with Gasteiger partial charge in [0.05, 0.1) is 17.6 Å². The van der Waals surface area contributed by atoms with Gasteiger partial charge in [0, 0.05) is 23.5 Å². The molecule has 0 fully saturated rings. The summed E-state index contributed by atoms with van der Waals surface area (Å²) in [5.41, 5.74) is 2.28. The van der Waals surface area contributed by atoms with Gasteiger partial charge in [0.15, 0.2) is 0 Å². The Morgan fingerprint density at radius 2 is 1.58 bits per heavy atom. The van der Waals surface area contributed by atoms with E-state index in [1.54, 1.807) is 48.3 Å². The maximum Gasteiger partial charge on any atom is 0.264 e. The predicted molar refractivity (Wildman–Crippen MR) is 146 cm³/mol. The van der Waals surface area contributed by atoms with E-state index in [4.69, 9.17) is 11.6 Å². The lowest BCUT2D eigenvalue weighted by atomic mass is 9.99. The second-order valence-electron chi connectivity index (χ2n) is 8.63. The average molecular weight is 551 g/mol. The van der Waals surface area contributed by atoms with Crippen LogP contribution in [0.2, 0.25) is 5.02 Å². The maximum atomic E-state index is 13.7. The minimum absolute atomic E-state index is 0.0288. The summed E-state index contributed by atoms with van der Waals surface area (Å²) in [5, 5.41) is 4.72. The van der Waals surface area contributed by atoms with Gasteiger partial charge in [0.2, 0.25) is 11.8 Å². The number of benzene rings is 3. The maximum absolute atomic E-state index is 13.7. The van der Waals surface area contributed by atoms with Gasteiger partial charge in [-0.15, -0.1) is 0 Å². The van der Waals surface area contributed by atoms with Gasteiger partial charge < -0.3 is 4.90 Å². The quantitative estimate of drug-likeness (QED) is 0.297. The summed E-state index contributed by atoms with van der Waals surface area (Å²) >= 11 is 5.87. The van der Waals surface area contributed by atoms with Crippen molar-refractivity contribution in [3.05, 3.63) is 113 Å². The average Bonchev–Trinajstić information content (AvgIpc) is 3.35. The molecule has 0 aliphatic carbocycles. The standard InChI is InChI=1S/C28H27ClN4O4S/c1-2-33(24-11-7-4-8-12-24)28(35)26(27(34)31-38(36,37)25-15-13-23(29)14-16-25)17-22-18-30-32(20-22)19-21-9-5-3-6-10-21/h3-16,18,20,26H,2,17,19H2,1H3,(H,31,34). The van der Waals surface area contributed by atoms with Crippen molar-refractivity contribution in [1.29, 1.82) is 0 Å². The van der Waals surface area contributed by atoms with Crippen molar-refractivity contribution < 1.29 is 18.0 Å². The molecule has 4 rings (SSSR count). The molecule has 0 spiro atoms. The first-order valence-corrected chi connectivity index (χ1v) is 13.9. The van der Waals surface area contributed by atoms with Gasteiger partial charge in [-0.25, -0.2) is 13.1 Å². The molecule has 0 saturated carbocycles. The van der Waals surface area contributed by atoms with Crippen LogP contribution in [0.5, 0.6) is 0 Å². The zero-order chi connectivity index (χ0) is 27.1. The Morgan fingerprint density at radius 1 is 0.947 bits per heavy atom. The number of sulfonamides is 1. The molecule has 196 valence electrons. The smallest absolute Gasteiger partial charge is 0.264 e. The molecule has 4 aromatic rings. The van der Waals surface area contributed by atoms with Crippen molar-refractivity contribution in [3.8, 4) is 0 Å². The number of hydrogen-bond acceptors (Lipinski definition) is 5. The van der Waals surface area contributed by atoms with Crippen LogP contribution in [0.25, 0.3) is 0 Å². The zero-order valence-corrected chi connectivity index (χ0v) is 22.3. The molecular formula is C28H27ClN4O4S. The molecule has 1 N–H and O–H groups in total. The highest BCUT2D eigenvalue weighted by Gasteiger charge is 2.34. The Bertz CT molecular complexity index is 1490. The van der Waals surface area contributed by atoms with Crippen molar-refractivity contribution >= 4 is 39.1 Å². The number of nitrogens with one attached hydrogen (secondary N) is 1. The van der Waals surface area contributed by atoms with E-state index >= 15 is 0 Å². The zero-order valence-electron chi connectivity index (χ0n) is 20.7. The number of hydrogen-bond donors (Lipinski definition) is 1. The third-order valence-corrected chi connectivity index (χ3v) is 7.55. The van der Waals surface area contributed by atoms with Crippen molar-refractivity contribution in [2.24, 2.45) is 5.92 Å². The number of aromatic nitrogens is 2. The lowest BCUT2D eigenvalue weighted by Crippen LogP contribution is -2.46. The Hall–Kier alpha value is -3.95. The van der Waals surface area contributed by atoms with Crippen LogP contribution in [0.4, 0.5) is 5.69 Å².